The van der Waals surface area contributed by atoms with Gasteiger partial charge in [0.1, 0.15) is 0 Å². The van der Waals surface area contributed by atoms with Crippen molar-refractivity contribution in [2.24, 2.45) is 0 Å². The number of aromatic amines is 1. The zero-order valence-corrected chi connectivity index (χ0v) is 8.16. The number of H-pyrrole nitrogens is 1. The van der Waals surface area contributed by atoms with Crippen LogP contribution in [-0.4, -0.2) is 23.3 Å². The summed E-state index contributed by atoms with van der Waals surface area (Å²) in [7, 11) is 1.65. The van der Waals surface area contributed by atoms with Crippen molar-refractivity contribution >= 4 is 0 Å². The lowest BCUT2D eigenvalue weighted by atomic mass is 10.3. The van der Waals surface area contributed by atoms with Gasteiger partial charge in [-0.25, -0.2) is 4.79 Å². The van der Waals surface area contributed by atoms with Gasteiger partial charge in [-0.1, -0.05) is 0 Å². The van der Waals surface area contributed by atoms with Crippen LogP contribution in [0.2, 0.25) is 0 Å². The van der Waals surface area contributed by atoms with Gasteiger partial charge in [-0.05, 0) is 12.8 Å². The number of unbranched alkanes of at least 4 members (excludes halogenated alkanes) is 1. The monoisotopic (exact) mass is 198 g/mol. The van der Waals surface area contributed by atoms with Crippen LogP contribution in [0.1, 0.15) is 12.8 Å². The van der Waals surface area contributed by atoms with E-state index in [1.807, 2.05) is 0 Å². The van der Waals surface area contributed by atoms with Crippen LogP contribution < -0.4 is 11.2 Å². The minimum absolute atomic E-state index is 0.352. The van der Waals surface area contributed by atoms with Gasteiger partial charge in [0.05, 0.1) is 0 Å². The van der Waals surface area contributed by atoms with E-state index in [1.165, 1.54) is 16.8 Å². The first-order valence-corrected chi connectivity index (χ1v) is 4.53. The average molecular weight is 198 g/mol. The lowest BCUT2D eigenvalue weighted by Gasteiger charge is -2.03. The summed E-state index contributed by atoms with van der Waals surface area (Å²) in [6.07, 6.45) is 3.27. The molecule has 0 saturated heterocycles. The van der Waals surface area contributed by atoms with Gasteiger partial charge in [0.15, 0.2) is 0 Å². The maximum atomic E-state index is 11.2. The fourth-order valence-electron chi connectivity index (χ4n) is 1.15. The summed E-state index contributed by atoms with van der Waals surface area (Å²) in [5.41, 5.74) is -0.710. The third-order valence-electron chi connectivity index (χ3n) is 1.89. The molecule has 0 saturated carbocycles. The summed E-state index contributed by atoms with van der Waals surface area (Å²) in [4.78, 5) is 24.1. The third kappa shape index (κ3) is 3.18. The van der Waals surface area contributed by atoms with Crippen LogP contribution in [0.5, 0.6) is 0 Å². The lowest BCUT2D eigenvalue weighted by Crippen LogP contribution is -2.28. The molecule has 0 radical (unpaired) electrons. The number of nitrogens with zero attached hydrogens (tertiary/aromatic N) is 1. The molecule has 0 bridgehead atoms. The number of rotatable bonds is 5. The molecule has 5 heteroatoms. The minimum atomic E-state index is -0.358. The molecule has 0 unspecified atom stereocenters. The molecule has 0 aromatic carbocycles. The zero-order chi connectivity index (χ0) is 10.4. The van der Waals surface area contributed by atoms with Gasteiger partial charge in [0.25, 0.3) is 5.56 Å². The number of nitrogens with one attached hydrogen (secondary N) is 1. The molecule has 14 heavy (non-hydrogen) atoms. The molecule has 0 atom stereocenters. The maximum absolute atomic E-state index is 11.2. The van der Waals surface area contributed by atoms with Crippen LogP contribution in [0, 0.1) is 0 Å². The van der Waals surface area contributed by atoms with Gasteiger partial charge in [-0.2, -0.15) is 0 Å². The fraction of sp³-hybridized carbons (Fsp3) is 0.556. The first-order chi connectivity index (χ1) is 6.74. The highest BCUT2D eigenvalue weighted by Crippen LogP contribution is 1.91. The molecular formula is C9H14N2O3. The van der Waals surface area contributed by atoms with E-state index in [2.05, 4.69) is 4.98 Å². The SMILES string of the molecule is COCCCCn1ccc(=O)[nH]c1=O. The Bertz CT molecular complexity index is 380. The van der Waals surface area contributed by atoms with E-state index < -0.39 is 0 Å². The standard InChI is InChI=1S/C9H14N2O3/c1-14-7-3-2-5-11-6-4-8(12)10-9(11)13/h4,6H,2-3,5,7H2,1H3,(H,10,12,13). The Morgan fingerprint density at radius 1 is 1.43 bits per heavy atom. The first-order valence-electron chi connectivity index (χ1n) is 4.53. The summed E-state index contributed by atoms with van der Waals surface area (Å²) < 4.78 is 6.37. The van der Waals surface area contributed by atoms with E-state index >= 15 is 0 Å². The predicted octanol–water partition coefficient (Wildman–Crippen LogP) is -0.0368. The number of ether oxygens (including phenoxy) is 1. The Balaban J connectivity index is 2.51. The number of methoxy groups -OCH3 is 1. The van der Waals surface area contributed by atoms with Crippen molar-refractivity contribution in [3.05, 3.63) is 33.1 Å². The molecule has 0 aliphatic heterocycles. The van der Waals surface area contributed by atoms with E-state index in [1.54, 1.807) is 7.11 Å². The second-order valence-electron chi connectivity index (χ2n) is 3.00. The lowest BCUT2D eigenvalue weighted by molar-refractivity contribution is 0.191. The van der Waals surface area contributed by atoms with Crippen LogP contribution in [0.25, 0.3) is 0 Å². The second kappa shape index (κ2) is 5.39. The van der Waals surface area contributed by atoms with Crippen LogP contribution in [0.4, 0.5) is 0 Å². The summed E-state index contributed by atoms with van der Waals surface area (Å²) in [5.74, 6) is 0. The van der Waals surface area contributed by atoms with Crippen molar-refractivity contribution in [3.63, 3.8) is 0 Å². The number of hydrogen-bond donors (Lipinski definition) is 1. The van der Waals surface area contributed by atoms with Crippen molar-refractivity contribution in [3.8, 4) is 0 Å². The average Bonchev–Trinajstić information content (AvgIpc) is 2.15. The molecule has 1 aromatic heterocycles. The van der Waals surface area contributed by atoms with Gasteiger partial charge in [-0.3, -0.25) is 9.78 Å². The van der Waals surface area contributed by atoms with E-state index in [0.717, 1.165) is 12.8 Å². The molecule has 1 N–H and O–H groups in total. The van der Waals surface area contributed by atoms with Crippen LogP contribution in [-0.2, 0) is 11.3 Å². The molecule has 1 rings (SSSR count). The van der Waals surface area contributed by atoms with Gasteiger partial charge in [0.2, 0.25) is 0 Å². The van der Waals surface area contributed by atoms with Gasteiger partial charge in [0, 0.05) is 32.5 Å². The van der Waals surface area contributed by atoms with Gasteiger partial charge >= 0.3 is 5.69 Å². The van der Waals surface area contributed by atoms with Crippen molar-refractivity contribution in [2.75, 3.05) is 13.7 Å². The molecule has 0 fully saturated rings. The maximum Gasteiger partial charge on any atom is 0.328 e. The van der Waals surface area contributed by atoms with Crippen LogP contribution >= 0.6 is 0 Å². The fourth-order valence-corrected chi connectivity index (χ4v) is 1.15. The van der Waals surface area contributed by atoms with E-state index in [9.17, 15) is 9.59 Å². The molecule has 78 valence electrons. The quantitative estimate of drug-likeness (QED) is 0.675. The molecule has 0 aliphatic rings. The Morgan fingerprint density at radius 3 is 2.86 bits per heavy atom. The Hall–Kier alpha value is -1.36. The van der Waals surface area contributed by atoms with Gasteiger partial charge in [-0.15, -0.1) is 0 Å². The van der Waals surface area contributed by atoms with E-state index in [-0.39, 0.29) is 11.2 Å². The summed E-state index contributed by atoms with van der Waals surface area (Å²) in [6.45, 7) is 1.30. The third-order valence-corrected chi connectivity index (χ3v) is 1.89. The smallest absolute Gasteiger partial charge is 0.328 e. The zero-order valence-electron chi connectivity index (χ0n) is 8.16. The molecular weight excluding hydrogens is 184 g/mol. The predicted molar refractivity (Wildman–Crippen MR) is 52.4 cm³/mol. The largest absolute Gasteiger partial charge is 0.385 e. The summed E-state index contributed by atoms with van der Waals surface area (Å²) >= 11 is 0. The summed E-state index contributed by atoms with van der Waals surface area (Å²) in [6, 6.07) is 1.34. The second-order valence-corrected chi connectivity index (χ2v) is 3.00. The Labute approximate surface area is 81.3 Å². The number of aryl methyl sites for hydroxylation is 1. The Morgan fingerprint density at radius 2 is 2.21 bits per heavy atom. The van der Waals surface area contributed by atoms with Crippen LogP contribution in [0.3, 0.4) is 0 Å². The highest BCUT2D eigenvalue weighted by molar-refractivity contribution is 4.82. The molecule has 1 aromatic rings. The van der Waals surface area contributed by atoms with Crippen molar-refractivity contribution < 1.29 is 4.74 Å². The first kappa shape index (κ1) is 10.7. The van der Waals surface area contributed by atoms with Crippen molar-refractivity contribution in [1.82, 2.24) is 9.55 Å². The molecule has 0 spiro atoms. The normalized spacial score (nSPS) is 10.4. The van der Waals surface area contributed by atoms with Crippen molar-refractivity contribution in [2.45, 2.75) is 19.4 Å². The highest BCUT2D eigenvalue weighted by Gasteiger charge is 1.95. The van der Waals surface area contributed by atoms with Crippen molar-refractivity contribution in [1.29, 1.82) is 0 Å². The Kier molecular flexibility index (Phi) is 4.12. The number of aromatic nitrogens is 2. The molecule has 0 amide bonds. The topological polar surface area (TPSA) is 64.1 Å². The van der Waals surface area contributed by atoms with Gasteiger partial charge < -0.3 is 9.30 Å². The minimum Gasteiger partial charge on any atom is -0.385 e. The molecule has 5 nitrogen and oxygen atoms in total. The van der Waals surface area contributed by atoms with Crippen LogP contribution in [0.15, 0.2) is 21.9 Å². The van der Waals surface area contributed by atoms with E-state index in [4.69, 9.17) is 4.74 Å². The van der Waals surface area contributed by atoms with E-state index in [0.29, 0.717) is 13.2 Å². The molecule has 0 aliphatic carbocycles. The molecule has 1 heterocycles. The highest BCUT2D eigenvalue weighted by atomic mass is 16.5. The number of hydrogen-bond acceptors (Lipinski definition) is 3. The summed E-state index contributed by atoms with van der Waals surface area (Å²) in [5, 5.41) is 0.